The van der Waals surface area contributed by atoms with Crippen molar-refractivity contribution in [3.8, 4) is 11.5 Å². The van der Waals surface area contributed by atoms with Crippen molar-refractivity contribution in [1.82, 2.24) is 19.3 Å². The second-order valence-corrected chi connectivity index (χ2v) is 11.9. The number of aryl methyl sites for hydroxylation is 1. The van der Waals surface area contributed by atoms with Gasteiger partial charge in [0.25, 0.3) is 5.89 Å². The third-order valence-corrected chi connectivity index (χ3v) is 8.35. The van der Waals surface area contributed by atoms with Crippen molar-refractivity contribution in [2.24, 2.45) is 5.92 Å². The molecule has 2 fully saturated rings. The second kappa shape index (κ2) is 14.2. The Balaban J connectivity index is 0.000000507. The second-order valence-electron chi connectivity index (χ2n) is 9.94. The number of nitrogens with zero attached hydrogens (tertiary/aromatic N) is 5. The number of likely N-dealkylation sites (tertiary alicyclic amines) is 1. The zero-order valence-corrected chi connectivity index (χ0v) is 23.7. The van der Waals surface area contributed by atoms with Gasteiger partial charge in [-0.3, -0.25) is 4.90 Å². The summed E-state index contributed by atoms with van der Waals surface area (Å²) < 4.78 is 30.3. The number of carbonyl (C=O) groups is 3. The van der Waals surface area contributed by atoms with Gasteiger partial charge < -0.3 is 24.7 Å². The Morgan fingerprint density at radius 3 is 2.07 bits per heavy atom. The topological polar surface area (TPSA) is 195 Å². The SMILES string of the molecule is Cc1noc(-c2ccccc2N(CC2CCN(C3CCN(S(C)(=O)=O)CC3)CC2)C(=O)O)n1.O=C(O)/C=C\C(=O)O. The van der Waals surface area contributed by atoms with E-state index in [9.17, 15) is 27.9 Å². The predicted octanol–water partition coefficient (Wildman–Crippen LogP) is 2.38. The molecule has 3 heterocycles. The van der Waals surface area contributed by atoms with Gasteiger partial charge in [-0.1, -0.05) is 17.3 Å². The molecular weight excluding hydrogens is 558 g/mol. The van der Waals surface area contributed by atoms with Crippen molar-refractivity contribution in [2.75, 3.05) is 43.9 Å². The molecule has 4 rings (SSSR count). The summed E-state index contributed by atoms with van der Waals surface area (Å²) in [5.41, 5.74) is 1.15. The number of carboxylic acid groups (broad SMARTS) is 3. The first-order chi connectivity index (χ1) is 19.3. The highest BCUT2D eigenvalue weighted by Crippen LogP contribution is 2.32. The van der Waals surface area contributed by atoms with Crippen LogP contribution in [0.2, 0.25) is 0 Å². The highest BCUT2D eigenvalue weighted by Gasteiger charge is 2.32. The van der Waals surface area contributed by atoms with Crippen molar-refractivity contribution in [3.63, 3.8) is 0 Å². The number of anilines is 1. The molecule has 1 aromatic carbocycles. The molecule has 0 bridgehead atoms. The van der Waals surface area contributed by atoms with Gasteiger partial charge in [0.15, 0.2) is 5.82 Å². The van der Waals surface area contributed by atoms with Crippen molar-refractivity contribution in [1.29, 1.82) is 0 Å². The van der Waals surface area contributed by atoms with E-state index in [0.29, 0.717) is 60.8 Å². The molecule has 1 amide bonds. The smallest absolute Gasteiger partial charge is 0.411 e. The van der Waals surface area contributed by atoms with E-state index in [1.54, 1.807) is 23.4 Å². The lowest BCUT2D eigenvalue weighted by Crippen LogP contribution is -2.49. The molecule has 2 aliphatic heterocycles. The Kier molecular flexibility index (Phi) is 11.0. The van der Waals surface area contributed by atoms with Gasteiger partial charge in [0.2, 0.25) is 10.0 Å². The van der Waals surface area contributed by atoms with Crippen LogP contribution in [0.5, 0.6) is 0 Å². The van der Waals surface area contributed by atoms with Crippen LogP contribution in [0.15, 0.2) is 40.9 Å². The fourth-order valence-electron chi connectivity index (χ4n) is 5.02. The number of hydrogen-bond acceptors (Lipinski definition) is 9. The predicted molar refractivity (Wildman–Crippen MR) is 148 cm³/mol. The third kappa shape index (κ3) is 9.37. The molecule has 3 N–H and O–H groups in total. The van der Waals surface area contributed by atoms with Crippen LogP contribution in [0.3, 0.4) is 0 Å². The Bertz CT molecular complexity index is 1330. The van der Waals surface area contributed by atoms with Crippen LogP contribution in [0.25, 0.3) is 11.5 Å². The number of carboxylic acids is 2. The summed E-state index contributed by atoms with van der Waals surface area (Å²) in [4.78, 5) is 39.4. The number of hydrogen-bond donors (Lipinski definition) is 3. The minimum absolute atomic E-state index is 0.242. The first-order valence-electron chi connectivity index (χ1n) is 13.1. The number of para-hydroxylation sites is 1. The number of benzene rings is 1. The minimum Gasteiger partial charge on any atom is -0.478 e. The summed E-state index contributed by atoms with van der Waals surface area (Å²) in [6.07, 6.45) is 4.87. The molecule has 15 heteroatoms. The standard InChI is InChI=1S/C22H31N5O5S.C4H4O4/c1-16-23-21(32-24-16)19-5-3-4-6-20(19)27(22(28)29)15-17-7-11-25(12-8-17)18-9-13-26(14-10-18)33(2,30)31;5-3(6)1-2-4(7)8/h3-6,17-18H,7-15H2,1-2H3,(H,28,29);1-2H,(H,5,6)(H,7,8)/b;2-1-. The maximum Gasteiger partial charge on any atom is 0.411 e. The number of aromatic nitrogens is 2. The van der Waals surface area contributed by atoms with Crippen molar-refractivity contribution in [3.05, 3.63) is 42.2 Å². The molecule has 0 atom stereocenters. The fraction of sp³-hybridized carbons (Fsp3) is 0.500. The van der Waals surface area contributed by atoms with Crippen LogP contribution in [0.4, 0.5) is 10.5 Å². The van der Waals surface area contributed by atoms with Gasteiger partial charge in [0, 0.05) is 37.8 Å². The van der Waals surface area contributed by atoms with Crippen molar-refractivity contribution >= 4 is 33.7 Å². The van der Waals surface area contributed by atoms with Crippen LogP contribution in [-0.2, 0) is 19.6 Å². The molecule has 1 aromatic heterocycles. The van der Waals surface area contributed by atoms with E-state index in [4.69, 9.17) is 14.7 Å². The molecular formula is C26H35N5O9S. The van der Waals surface area contributed by atoms with E-state index in [-0.39, 0.29) is 5.92 Å². The average molecular weight is 594 g/mol. The normalized spacial score (nSPS) is 17.6. The summed E-state index contributed by atoms with van der Waals surface area (Å²) in [5.74, 6) is -1.47. The zero-order chi connectivity index (χ0) is 30.2. The van der Waals surface area contributed by atoms with Gasteiger partial charge >= 0.3 is 18.0 Å². The molecule has 0 saturated carbocycles. The van der Waals surface area contributed by atoms with Gasteiger partial charge in [0.05, 0.1) is 17.5 Å². The highest BCUT2D eigenvalue weighted by molar-refractivity contribution is 7.88. The Hall–Kier alpha value is -3.82. The summed E-state index contributed by atoms with van der Waals surface area (Å²) in [6, 6.07) is 7.59. The van der Waals surface area contributed by atoms with E-state index in [2.05, 4.69) is 15.0 Å². The summed E-state index contributed by atoms with van der Waals surface area (Å²) in [5, 5.41) is 29.4. The lowest BCUT2D eigenvalue weighted by molar-refractivity contribution is -0.134. The van der Waals surface area contributed by atoms with Gasteiger partial charge in [-0.15, -0.1) is 0 Å². The van der Waals surface area contributed by atoms with E-state index in [1.165, 1.54) is 11.2 Å². The number of sulfonamides is 1. The maximum absolute atomic E-state index is 12.2. The monoisotopic (exact) mass is 593 g/mol. The Labute approximate surface area is 237 Å². The first kappa shape index (κ1) is 31.7. The van der Waals surface area contributed by atoms with Crippen LogP contribution in [-0.4, -0.2) is 106 Å². The van der Waals surface area contributed by atoms with E-state index in [1.807, 2.05) is 12.1 Å². The lowest BCUT2D eigenvalue weighted by atomic mass is 9.93. The molecule has 2 aliphatic rings. The van der Waals surface area contributed by atoms with Crippen molar-refractivity contribution in [2.45, 2.75) is 38.6 Å². The lowest BCUT2D eigenvalue weighted by Gasteiger charge is -2.41. The first-order valence-corrected chi connectivity index (χ1v) is 14.9. The van der Waals surface area contributed by atoms with Crippen LogP contribution in [0.1, 0.15) is 31.5 Å². The maximum atomic E-state index is 12.2. The third-order valence-electron chi connectivity index (χ3n) is 7.05. The number of amides is 1. The van der Waals surface area contributed by atoms with Crippen LogP contribution < -0.4 is 4.90 Å². The van der Waals surface area contributed by atoms with Gasteiger partial charge in [-0.2, -0.15) is 4.98 Å². The average Bonchev–Trinajstić information content (AvgIpc) is 3.37. The van der Waals surface area contributed by atoms with Crippen LogP contribution >= 0.6 is 0 Å². The highest BCUT2D eigenvalue weighted by atomic mass is 32.2. The molecule has 0 spiro atoms. The van der Waals surface area contributed by atoms with Crippen LogP contribution in [0, 0.1) is 12.8 Å². The summed E-state index contributed by atoms with van der Waals surface area (Å²) in [6.45, 7) is 5.06. The van der Waals surface area contributed by atoms with E-state index < -0.39 is 28.1 Å². The molecule has 0 unspecified atom stereocenters. The quantitative estimate of drug-likeness (QED) is 0.379. The molecule has 0 aliphatic carbocycles. The molecule has 2 aromatic rings. The van der Waals surface area contributed by atoms with Gasteiger partial charge in [0.1, 0.15) is 0 Å². The summed E-state index contributed by atoms with van der Waals surface area (Å²) >= 11 is 0. The molecule has 14 nitrogen and oxygen atoms in total. The molecule has 224 valence electrons. The Morgan fingerprint density at radius 1 is 1.00 bits per heavy atom. The van der Waals surface area contributed by atoms with E-state index >= 15 is 0 Å². The van der Waals surface area contributed by atoms with E-state index in [0.717, 1.165) is 38.8 Å². The molecule has 0 radical (unpaired) electrons. The number of aliphatic carboxylic acids is 2. The zero-order valence-electron chi connectivity index (χ0n) is 22.9. The minimum atomic E-state index is -3.12. The fourth-order valence-corrected chi connectivity index (χ4v) is 5.89. The Morgan fingerprint density at radius 2 is 1.59 bits per heavy atom. The van der Waals surface area contributed by atoms with Gasteiger partial charge in [-0.25, -0.2) is 27.1 Å². The van der Waals surface area contributed by atoms with Gasteiger partial charge in [-0.05, 0) is 63.7 Å². The number of piperidine rings is 2. The molecule has 2 saturated heterocycles. The number of rotatable bonds is 8. The van der Waals surface area contributed by atoms with Crippen molar-refractivity contribution < 1.29 is 42.6 Å². The summed E-state index contributed by atoms with van der Waals surface area (Å²) in [7, 11) is -3.12. The largest absolute Gasteiger partial charge is 0.478 e. The molecule has 41 heavy (non-hydrogen) atoms.